The average molecular weight is 181 g/mol. The van der Waals surface area contributed by atoms with Crippen LogP contribution in [0.15, 0.2) is 0 Å². The lowest BCUT2D eigenvalue weighted by Gasteiger charge is -2.54. The smallest absolute Gasteiger partial charge is 0.00383 e. The lowest BCUT2D eigenvalue weighted by atomic mass is 9.51. The highest BCUT2D eigenvalue weighted by Gasteiger charge is 2.53. The van der Waals surface area contributed by atoms with Gasteiger partial charge < -0.3 is 4.90 Å². The lowest BCUT2D eigenvalue weighted by Crippen LogP contribution is -2.48. The molecule has 0 bridgehead atoms. The molecular weight excluding hydrogens is 158 g/mol. The van der Waals surface area contributed by atoms with Gasteiger partial charge in [-0.3, -0.25) is 0 Å². The van der Waals surface area contributed by atoms with E-state index in [2.05, 4.69) is 32.7 Å². The molecule has 13 heavy (non-hydrogen) atoms. The van der Waals surface area contributed by atoms with Gasteiger partial charge in [-0.15, -0.1) is 0 Å². The summed E-state index contributed by atoms with van der Waals surface area (Å²) in [6, 6.07) is 0. The zero-order valence-electron chi connectivity index (χ0n) is 9.56. The quantitative estimate of drug-likeness (QED) is 0.555. The van der Waals surface area contributed by atoms with Crippen molar-refractivity contribution < 1.29 is 0 Å². The van der Waals surface area contributed by atoms with Gasteiger partial charge in [0, 0.05) is 6.54 Å². The van der Waals surface area contributed by atoms with Crippen molar-refractivity contribution in [1.29, 1.82) is 0 Å². The molecule has 1 saturated heterocycles. The first-order chi connectivity index (χ1) is 5.94. The van der Waals surface area contributed by atoms with Crippen LogP contribution in [-0.2, 0) is 0 Å². The second-order valence-electron chi connectivity index (χ2n) is 6.31. The second-order valence-corrected chi connectivity index (χ2v) is 6.31. The van der Waals surface area contributed by atoms with Gasteiger partial charge in [-0.05, 0) is 49.6 Å². The van der Waals surface area contributed by atoms with E-state index < -0.39 is 0 Å². The molecule has 1 spiro atoms. The van der Waals surface area contributed by atoms with Crippen LogP contribution in [0.3, 0.4) is 0 Å². The van der Waals surface area contributed by atoms with Crippen LogP contribution in [0.1, 0.15) is 40.0 Å². The summed E-state index contributed by atoms with van der Waals surface area (Å²) >= 11 is 0. The molecule has 2 unspecified atom stereocenters. The molecular formula is C12H23N. The van der Waals surface area contributed by atoms with Gasteiger partial charge in [0.2, 0.25) is 0 Å². The van der Waals surface area contributed by atoms with E-state index in [1.54, 1.807) is 0 Å². The van der Waals surface area contributed by atoms with E-state index in [1.807, 2.05) is 0 Å². The Morgan fingerprint density at radius 2 is 1.92 bits per heavy atom. The van der Waals surface area contributed by atoms with Crippen LogP contribution < -0.4 is 0 Å². The molecule has 0 radical (unpaired) electrons. The fourth-order valence-electron chi connectivity index (χ4n) is 3.65. The fraction of sp³-hybridized carbons (Fsp3) is 1.00. The molecule has 0 aromatic carbocycles. The van der Waals surface area contributed by atoms with Crippen LogP contribution in [0.4, 0.5) is 0 Å². The van der Waals surface area contributed by atoms with E-state index >= 15 is 0 Å². The maximum Gasteiger partial charge on any atom is 0.00383 e. The Morgan fingerprint density at radius 3 is 2.23 bits per heavy atom. The van der Waals surface area contributed by atoms with Gasteiger partial charge in [-0.25, -0.2) is 0 Å². The van der Waals surface area contributed by atoms with Crippen molar-refractivity contribution in [1.82, 2.24) is 4.90 Å². The molecule has 0 aromatic heterocycles. The fourth-order valence-corrected chi connectivity index (χ4v) is 3.65. The Labute approximate surface area is 82.5 Å². The molecule has 1 heterocycles. The Hall–Kier alpha value is -0.0400. The molecule has 2 fully saturated rings. The highest BCUT2D eigenvalue weighted by molar-refractivity contribution is 5.04. The maximum absolute atomic E-state index is 2.51. The third kappa shape index (κ3) is 1.41. The summed E-state index contributed by atoms with van der Waals surface area (Å²) in [6.07, 6.45) is 4.40. The van der Waals surface area contributed by atoms with E-state index in [1.165, 1.54) is 32.4 Å². The molecule has 1 heteroatoms. The van der Waals surface area contributed by atoms with Crippen molar-refractivity contribution >= 4 is 0 Å². The Kier molecular flexibility index (Phi) is 1.99. The number of nitrogens with zero attached hydrogens (tertiary/aromatic N) is 1. The first-order valence-corrected chi connectivity index (χ1v) is 5.63. The van der Waals surface area contributed by atoms with Gasteiger partial charge in [-0.1, -0.05) is 20.8 Å². The van der Waals surface area contributed by atoms with Crippen molar-refractivity contribution in [2.75, 3.05) is 20.1 Å². The zero-order chi connectivity index (χ0) is 9.69. The molecule has 1 aliphatic carbocycles. The van der Waals surface area contributed by atoms with E-state index in [0.717, 1.165) is 5.92 Å². The predicted molar refractivity (Wildman–Crippen MR) is 56.7 cm³/mol. The largest absolute Gasteiger partial charge is 0.306 e. The Bertz CT molecular complexity index is 204. The summed E-state index contributed by atoms with van der Waals surface area (Å²) in [7, 11) is 2.27. The number of hydrogen-bond acceptors (Lipinski definition) is 1. The van der Waals surface area contributed by atoms with Crippen LogP contribution in [0.2, 0.25) is 0 Å². The van der Waals surface area contributed by atoms with Gasteiger partial charge in [0.15, 0.2) is 0 Å². The highest BCUT2D eigenvalue weighted by atomic mass is 15.1. The Balaban J connectivity index is 2.09. The molecule has 1 saturated carbocycles. The molecule has 0 aromatic rings. The number of likely N-dealkylation sites (tertiary alicyclic amines) is 1. The Morgan fingerprint density at radius 1 is 1.23 bits per heavy atom. The van der Waals surface area contributed by atoms with Gasteiger partial charge in [0.25, 0.3) is 0 Å². The summed E-state index contributed by atoms with van der Waals surface area (Å²) < 4.78 is 0. The van der Waals surface area contributed by atoms with Crippen LogP contribution in [-0.4, -0.2) is 25.0 Å². The lowest BCUT2D eigenvalue weighted by molar-refractivity contribution is -0.0363. The molecule has 0 N–H and O–H groups in total. The third-order valence-electron chi connectivity index (χ3n) is 4.29. The summed E-state index contributed by atoms with van der Waals surface area (Å²) in [5.41, 5.74) is 1.25. The minimum absolute atomic E-state index is 0.531. The maximum atomic E-state index is 2.51. The SMILES string of the molecule is CN1CCC2(CCC2C(C)(C)C)C1. The van der Waals surface area contributed by atoms with Gasteiger partial charge in [-0.2, -0.15) is 0 Å². The van der Waals surface area contributed by atoms with Gasteiger partial charge in [0.05, 0.1) is 0 Å². The van der Waals surface area contributed by atoms with Crippen molar-refractivity contribution in [2.45, 2.75) is 40.0 Å². The molecule has 2 rings (SSSR count). The predicted octanol–water partition coefficient (Wildman–Crippen LogP) is 2.76. The van der Waals surface area contributed by atoms with Crippen LogP contribution in [0.5, 0.6) is 0 Å². The minimum atomic E-state index is 0.531. The van der Waals surface area contributed by atoms with Crippen molar-refractivity contribution in [3.05, 3.63) is 0 Å². The number of rotatable bonds is 0. The van der Waals surface area contributed by atoms with Crippen LogP contribution in [0.25, 0.3) is 0 Å². The first-order valence-electron chi connectivity index (χ1n) is 5.63. The molecule has 1 aliphatic heterocycles. The zero-order valence-corrected chi connectivity index (χ0v) is 9.56. The second kappa shape index (κ2) is 2.73. The number of hydrogen-bond donors (Lipinski definition) is 0. The van der Waals surface area contributed by atoms with Crippen molar-refractivity contribution in [3.63, 3.8) is 0 Å². The topological polar surface area (TPSA) is 3.24 Å². The van der Waals surface area contributed by atoms with E-state index in [4.69, 9.17) is 0 Å². The first kappa shape index (κ1) is 9.51. The van der Waals surface area contributed by atoms with E-state index in [0.29, 0.717) is 10.8 Å². The molecule has 1 nitrogen and oxygen atoms in total. The van der Waals surface area contributed by atoms with Gasteiger partial charge in [0.1, 0.15) is 0 Å². The van der Waals surface area contributed by atoms with Crippen molar-refractivity contribution in [3.8, 4) is 0 Å². The van der Waals surface area contributed by atoms with Crippen molar-refractivity contribution in [2.24, 2.45) is 16.7 Å². The van der Waals surface area contributed by atoms with E-state index in [9.17, 15) is 0 Å². The van der Waals surface area contributed by atoms with Crippen LogP contribution >= 0.6 is 0 Å². The highest BCUT2D eigenvalue weighted by Crippen LogP contribution is 2.58. The normalized spacial score (nSPS) is 41.1. The summed E-state index contributed by atoms with van der Waals surface area (Å²) in [5.74, 6) is 0.977. The minimum Gasteiger partial charge on any atom is -0.306 e. The van der Waals surface area contributed by atoms with Gasteiger partial charge >= 0.3 is 0 Å². The summed E-state index contributed by atoms with van der Waals surface area (Å²) in [5, 5.41) is 0. The molecule has 2 aliphatic rings. The summed E-state index contributed by atoms with van der Waals surface area (Å²) in [4.78, 5) is 2.51. The standard InChI is InChI=1S/C12H23N/c1-11(2,3)10-5-6-12(10)7-8-13(4)9-12/h10H,5-9H2,1-4H3. The molecule has 76 valence electrons. The molecule has 0 amide bonds. The third-order valence-corrected chi connectivity index (χ3v) is 4.29. The van der Waals surface area contributed by atoms with Crippen LogP contribution in [0, 0.1) is 16.7 Å². The summed E-state index contributed by atoms with van der Waals surface area (Å²) in [6.45, 7) is 9.92. The van der Waals surface area contributed by atoms with E-state index in [-0.39, 0.29) is 0 Å². The monoisotopic (exact) mass is 181 g/mol. The molecule has 2 atom stereocenters. The average Bonchev–Trinajstić information content (AvgIpc) is 2.27.